The highest BCUT2D eigenvalue weighted by Crippen LogP contribution is 2.36. The van der Waals surface area contributed by atoms with Gasteiger partial charge in [-0.3, -0.25) is 9.78 Å². The number of fused-ring (bicyclic) bond motifs is 3. The van der Waals surface area contributed by atoms with Crippen LogP contribution in [0, 0.1) is 0 Å². The molecule has 3 heterocycles. The zero-order chi connectivity index (χ0) is 22.2. The van der Waals surface area contributed by atoms with Gasteiger partial charge < -0.3 is 9.47 Å². The smallest absolute Gasteiger partial charge is 0.275 e. The van der Waals surface area contributed by atoms with Crippen molar-refractivity contribution in [1.82, 2.24) is 14.8 Å². The molecule has 0 saturated heterocycles. The van der Waals surface area contributed by atoms with Crippen molar-refractivity contribution in [2.75, 3.05) is 13.2 Å². The molecular formula is C27H21N3O3. The molecule has 6 rings (SSSR count). The molecule has 0 unspecified atom stereocenters. The standard InChI is InChI=1S/C27H21N3O3/c31-27-26-20(5-3-6-22(26)19-9-11-24-25(16-19)33-15-14-32-24)17-28-30(27)13-12-21-10-8-18-4-1-2-7-23(18)29-21/h1-11,16-17H,12-15H2. The first-order valence-electron chi connectivity index (χ1n) is 11.0. The maximum Gasteiger partial charge on any atom is 0.275 e. The Hall–Kier alpha value is -4.19. The Balaban J connectivity index is 1.37. The molecule has 0 N–H and O–H groups in total. The highest BCUT2D eigenvalue weighted by Gasteiger charge is 2.15. The van der Waals surface area contributed by atoms with Crippen LogP contribution in [-0.2, 0) is 13.0 Å². The average Bonchev–Trinajstić information content (AvgIpc) is 2.87. The van der Waals surface area contributed by atoms with Crippen LogP contribution in [0.25, 0.3) is 32.8 Å². The van der Waals surface area contributed by atoms with Crippen molar-refractivity contribution >= 4 is 21.7 Å². The summed E-state index contributed by atoms with van der Waals surface area (Å²) < 4.78 is 12.9. The van der Waals surface area contributed by atoms with Crippen molar-refractivity contribution in [1.29, 1.82) is 0 Å². The molecule has 0 bridgehead atoms. The van der Waals surface area contributed by atoms with Gasteiger partial charge in [0, 0.05) is 22.9 Å². The van der Waals surface area contributed by atoms with Crippen molar-refractivity contribution in [3.63, 3.8) is 0 Å². The minimum atomic E-state index is -0.112. The summed E-state index contributed by atoms with van der Waals surface area (Å²) in [5.74, 6) is 1.43. The fourth-order valence-electron chi connectivity index (χ4n) is 4.31. The maximum absolute atomic E-state index is 13.5. The van der Waals surface area contributed by atoms with Crippen molar-refractivity contribution in [3.05, 3.63) is 95.0 Å². The lowest BCUT2D eigenvalue weighted by Gasteiger charge is -2.19. The summed E-state index contributed by atoms with van der Waals surface area (Å²) in [6.45, 7) is 1.52. The molecule has 6 nitrogen and oxygen atoms in total. The SMILES string of the molecule is O=c1c2c(-c3ccc4c(c3)OCCO4)cccc2cnn1CCc1ccc2ccccc2n1. The quantitative estimate of drug-likeness (QED) is 0.412. The second-order valence-corrected chi connectivity index (χ2v) is 8.05. The van der Waals surface area contributed by atoms with Crippen LogP contribution < -0.4 is 15.0 Å². The van der Waals surface area contributed by atoms with Gasteiger partial charge >= 0.3 is 0 Å². The van der Waals surface area contributed by atoms with E-state index in [1.54, 1.807) is 6.20 Å². The van der Waals surface area contributed by atoms with E-state index in [0.717, 1.165) is 38.9 Å². The molecule has 0 spiro atoms. The van der Waals surface area contributed by atoms with E-state index in [1.165, 1.54) is 4.68 Å². The number of hydrogen-bond acceptors (Lipinski definition) is 5. The fourth-order valence-corrected chi connectivity index (χ4v) is 4.31. The summed E-state index contributed by atoms with van der Waals surface area (Å²) in [6, 6.07) is 23.7. The van der Waals surface area contributed by atoms with E-state index in [2.05, 4.69) is 11.2 Å². The van der Waals surface area contributed by atoms with E-state index in [1.807, 2.05) is 66.7 Å². The minimum Gasteiger partial charge on any atom is -0.486 e. The highest BCUT2D eigenvalue weighted by atomic mass is 16.6. The number of para-hydroxylation sites is 1. The summed E-state index contributed by atoms with van der Waals surface area (Å²) in [7, 11) is 0. The molecule has 0 saturated carbocycles. The summed E-state index contributed by atoms with van der Waals surface area (Å²) in [4.78, 5) is 18.2. The van der Waals surface area contributed by atoms with Crippen molar-refractivity contribution in [2.24, 2.45) is 0 Å². The third-order valence-corrected chi connectivity index (χ3v) is 5.97. The van der Waals surface area contributed by atoms with E-state index < -0.39 is 0 Å². The molecule has 162 valence electrons. The molecule has 0 amide bonds. The largest absolute Gasteiger partial charge is 0.486 e. The monoisotopic (exact) mass is 435 g/mol. The predicted octanol–water partition coefficient (Wildman–Crippen LogP) is 4.63. The first-order valence-corrected chi connectivity index (χ1v) is 11.0. The number of pyridine rings is 1. The number of aryl methyl sites for hydroxylation is 2. The van der Waals surface area contributed by atoms with Crippen LogP contribution in [-0.4, -0.2) is 28.0 Å². The zero-order valence-corrected chi connectivity index (χ0v) is 17.9. The number of benzene rings is 3. The van der Waals surface area contributed by atoms with Crippen LogP contribution in [0.2, 0.25) is 0 Å². The average molecular weight is 435 g/mol. The van der Waals surface area contributed by atoms with Crippen LogP contribution in [0.1, 0.15) is 5.69 Å². The molecule has 5 aromatic rings. The first kappa shape index (κ1) is 19.5. The van der Waals surface area contributed by atoms with Gasteiger partial charge in [-0.15, -0.1) is 0 Å². The molecule has 1 aliphatic heterocycles. The van der Waals surface area contributed by atoms with Crippen LogP contribution >= 0.6 is 0 Å². The van der Waals surface area contributed by atoms with Crippen LogP contribution in [0.15, 0.2) is 83.8 Å². The number of rotatable bonds is 4. The number of hydrogen-bond donors (Lipinski definition) is 0. The van der Waals surface area contributed by atoms with E-state index in [4.69, 9.17) is 14.5 Å². The Labute approximate surface area is 190 Å². The summed E-state index contributed by atoms with van der Waals surface area (Å²) in [5, 5.41) is 6.98. The third-order valence-electron chi connectivity index (χ3n) is 5.97. The number of ether oxygens (including phenoxy) is 2. The number of aromatic nitrogens is 3. The van der Waals surface area contributed by atoms with E-state index in [-0.39, 0.29) is 5.56 Å². The van der Waals surface area contributed by atoms with Gasteiger partial charge in [-0.2, -0.15) is 5.10 Å². The summed E-state index contributed by atoms with van der Waals surface area (Å²) in [6.07, 6.45) is 2.38. The van der Waals surface area contributed by atoms with Crippen LogP contribution in [0.4, 0.5) is 0 Å². The van der Waals surface area contributed by atoms with E-state index >= 15 is 0 Å². The highest BCUT2D eigenvalue weighted by molar-refractivity contribution is 5.96. The van der Waals surface area contributed by atoms with Gasteiger partial charge in [0.25, 0.3) is 5.56 Å². The minimum absolute atomic E-state index is 0.112. The molecule has 0 atom stereocenters. The first-order chi connectivity index (χ1) is 16.3. The molecule has 1 aliphatic rings. The fraction of sp³-hybridized carbons (Fsp3) is 0.148. The van der Waals surface area contributed by atoms with Gasteiger partial charge in [0.15, 0.2) is 11.5 Å². The molecule has 3 aromatic carbocycles. The lowest BCUT2D eigenvalue weighted by molar-refractivity contribution is 0.171. The maximum atomic E-state index is 13.5. The van der Waals surface area contributed by atoms with Crippen molar-refractivity contribution in [2.45, 2.75) is 13.0 Å². The van der Waals surface area contributed by atoms with Gasteiger partial charge in [-0.05, 0) is 35.4 Å². The third kappa shape index (κ3) is 3.59. The lowest BCUT2D eigenvalue weighted by atomic mass is 9.99. The van der Waals surface area contributed by atoms with Crippen molar-refractivity contribution in [3.8, 4) is 22.6 Å². The Bertz CT molecular complexity index is 1560. The van der Waals surface area contributed by atoms with Crippen LogP contribution in [0.3, 0.4) is 0 Å². The molecule has 0 radical (unpaired) electrons. The Morgan fingerprint density at radius 2 is 1.70 bits per heavy atom. The van der Waals surface area contributed by atoms with Gasteiger partial charge in [-0.1, -0.05) is 48.5 Å². The normalized spacial score (nSPS) is 12.8. The van der Waals surface area contributed by atoms with Crippen LogP contribution in [0.5, 0.6) is 11.5 Å². The topological polar surface area (TPSA) is 66.2 Å². The van der Waals surface area contributed by atoms with Gasteiger partial charge in [0.2, 0.25) is 0 Å². The lowest BCUT2D eigenvalue weighted by Crippen LogP contribution is -2.24. The Morgan fingerprint density at radius 3 is 2.64 bits per heavy atom. The molecule has 0 aliphatic carbocycles. The predicted molar refractivity (Wildman–Crippen MR) is 128 cm³/mol. The molecule has 0 fully saturated rings. The van der Waals surface area contributed by atoms with E-state index in [9.17, 15) is 4.79 Å². The molecule has 33 heavy (non-hydrogen) atoms. The van der Waals surface area contributed by atoms with Gasteiger partial charge in [0.05, 0.1) is 23.6 Å². The van der Waals surface area contributed by atoms with Crippen molar-refractivity contribution < 1.29 is 9.47 Å². The Kier molecular flexibility index (Phi) is 4.76. The molecule has 6 heteroatoms. The summed E-state index contributed by atoms with van der Waals surface area (Å²) in [5.41, 5.74) is 3.54. The second kappa shape index (κ2) is 8.06. The summed E-state index contributed by atoms with van der Waals surface area (Å²) >= 11 is 0. The molecular weight excluding hydrogens is 414 g/mol. The van der Waals surface area contributed by atoms with E-state index in [0.29, 0.717) is 37.3 Å². The zero-order valence-electron chi connectivity index (χ0n) is 17.9. The van der Waals surface area contributed by atoms with Gasteiger partial charge in [0.1, 0.15) is 13.2 Å². The van der Waals surface area contributed by atoms with Gasteiger partial charge in [-0.25, -0.2) is 4.68 Å². The number of nitrogens with zero attached hydrogens (tertiary/aromatic N) is 3. The second-order valence-electron chi connectivity index (χ2n) is 8.05. The molecule has 2 aromatic heterocycles. The Morgan fingerprint density at radius 1 is 0.848 bits per heavy atom.